The zero-order valence-electron chi connectivity index (χ0n) is 10.1. The third-order valence-corrected chi connectivity index (χ3v) is 3.34. The van der Waals surface area contributed by atoms with Gasteiger partial charge in [-0.3, -0.25) is 4.79 Å². The molecule has 3 unspecified atom stereocenters. The summed E-state index contributed by atoms with van der Waals surface area (Å²) in [5, 5.41) is 2.98. The third-order valence-electron chi connectivity index (χ3n) is 3.34. The van der Waals surface area contributed by atoms with Crippen LogP contribution in [0, 0.1) is 5.92 Å². The summed E-state index contributed by atoms with van der Waals surface area (Å²) < 4.78 is 5.55. The number of esters is 1. The minimum Gasteiger partial charge on any atom is -0.461 e. The summed E-state index contributed by atoms with van der Waals surface area (Å²) in [7, 11) is 1.81. The molecule has 3 heteroatoms. The molecule has 1 saturated carbocycles. The van der Waals surface area contributed by atoms with Gasteiger partial charge >= 0.3 is 5.97 Å². The van der Waals surface area contributed by atoms with Crippen molar-refractivity contribution in [1.29, 1.82) is 0 Å². The quantitative estimate of drug-likeness (QED) is 0.727. The van der Waals surface area contributed by atoms with Gasteiger partial charge in [0.15, 0.2) is 0 Å². The van der Waals surface area contributed by atoms with E-state index in [1.165, 1.54) is 19.3 Å². The van der Waals surface area contributed by atoms with Crippen molar-refractivity contribution in [1.82, 2.24) is 5.32 Å². The molecule has 0 saturated heterocycles. The topological polar surface area (TPSA) is 38.3 Å². The third kappa shape index (κ3) is 3.49. The molecule has 0 radical (unpaired) electrons. The van der Waals surface area contributed by atoms with E-state index < -0.39 is 0 Å². The van der Waals surface area contributed by atoms with Gasteiger partial charge in [0, 0.05) is 0 Å². The van der Waals surface area contributed by atoms with Crippen LogP contribution in [-0.2, 0) is 9.53 Å². The number of carbonyl (C=O) groups excluding carboxylic acids is 1. The summed E-state index contributed by atoms with van der Waals surface area (Å²) >= 11 is 0. The maximum atomic E-state index is 11.7. The van der Waals surface area contributed by atoms with Crippen LogP contribution in [0.15, 0.2) is 0 Å². The largest absolute Gasteiger partial charge is 0.461 e. The fourth-order valence-electron chi connectivity index (χ4n) is 2.18. The highest BCUT2D eigenvalue weighted by Gasteiger charge is 2.27. The van der Waals surface area contributed by atoms with Crippen molar-refractivity contribution in [2.75, 3.05) is 7.05 Å². The zero-order valence-corrected chi connectivity index (χ0v) is 10.1. The van der Waals surface area contributed by atoms with Crippen LogP contribution in [0.4, 0.5) is 0 Å². The lowest BCUT2D eigenvalue weighted by Crippen LogP contribution is -2.39. The van der Waals surface area contributed by atoms with Crippen molar-refractivity contribution in [2.45, 2.75) is 58.1 Å². The van der Waals surface area contributed by atoms with Crippen LogP contribution in [0.1, 0.15) is 46.0 Å². The lowest BCUT2D eigenvalue weighted by molar-refractivity contribution is -0.155. The molecule has 3 atom stereocenters. The van der Waals surface area contributed by atoms with Crippen LogP contribution in [0.2, 0.25) is 0 Å². The summed E-state index contributed by atoms with van der Waals surface area (Å²) in [5.74, 6) is 0.441. The smallest absolute Gasteiger partial charge is 0.323 e. The van der Waals surface area contributed by atoms with Crippen LogP contribution in [0.3, 0.4) is 0 Å². The van der Waals surface area contributed by atoms with Crippen molar-refractivity contribution in [3.8, 4) is 0 Å². The number of hydrogen-bond acceptors (Lipinski definition) is 3. The number of hydrogen-bond donors (Lipinski definition) is 1. The Hall–Kier alpha value is -0.570. The van der Waals surface area contributed by atoms with Gasteiger partial charge < -0.3 is 10.1 Å². The van der Waals surface area contributed by atoms with Gasteiger partial charge in [0.2, 0.25) is 0 Å². The molecule has 0 aromatic carbocycles. The summed E-state index contributed by atoms with van der Waals surface area (Å²) in [6, 6.07) is -0.140. The van der Waals surface area contributed by atoms with Gasteiger partial charge in [-0.25, -0.2) is 0 Å². The number of ether oxygens (including phenoxy) is 1. The molecule has 1 N–H and O–H groups in total. The second kappa shape index (κ2) is 6.11. The molecule has 1 aliphatic carbocycles. The van der Waals surface area contributed by atoms with Gasteiger partial charge in [-0.1, -0.05) is 20.3 Å². The first-order valence-corrected chi connectivity index (χ1v) is 6.06. The molecule has 0 heterocycles. The standard InChI is InChI=1S/C12H23NO2/c1-4-10(13-3)12(14)15-11-8-6-5-7-9(11)2/h9-11,13H,4-8H2,1-3H3. The molecule has 0 bridgehead atoms. The van der Waals surface area contributed by atoms with Crippen molar-refractivity contribution >= 4 is 5.97 Å². The fourth-order valence-corrected chi connectivity index (χ4v) is 2.18. The summed E-state index contributed by atoms with van der Waals surface area (Å²) in [6.07, 6.45) is 5.63. The van der Waals surface area contributed by atoms with Crippen LogP contribution < -0.4 is 5.32 Å². The Bertz CT molecular complexity index is 202. The lowest BCUT2D eigenvalue weighted by atomic mass is 9.88. The molecule has 0 aliphatic heterocycles. The van der Waals surface area contributed by atoms with Gasteiger partial charge in [0.25, 0.3) is 0 Å². The number of nitrogens with one attached hydrogen (secondary N) is 1. The first kappa shape index (κ1) is 12.5. The molecular formula is C12H23NO2. The van der Waals surface area contributed by atoms with Gasteiger partial charge in [-0.05, 0) is 38.6 Å². The van der Waals surface area contributed by atoms with Crippen LogP contribution >= 0.6 is 0 Å². The van der Waals surface area contributed by atoms with Crippen LogP contribution in [-0.4, -0.2) is 25.2 Å². The maximum Gasteiger partial charge on any atom is 0.323 e. The van der Waals surface area contributed by atoms with Gasteiger partial charge in [-0.2, -0.15) is 0 Å². The van der Waals surface area contributed by atoms with Gasteiger partial charge in [0.05, 0.1) is 0 Å². The fraction of sp³-hybridized carbons (Fsp3) is 0.917. The predicted molar refractivity (Wildman–Crippen MR) is 60.7 cm³/mol. The maximum absolute atomic E-state index is 11.7. The van der Waals surface area contributed by atoms with E-state index in [1.807, 2.05) is 6.92 Å². The van der Waals surface area contributed by atoms with E-state index >= 15 is 0 Å². The minimum absolute atomic E-state index is 0.0845. The molecule has 0 aromatic rings. The second-order valence-electron chi connectivity index (χ2n) is 4.49. The molecule has 0 spiro atoms. The summed E-state index contributed by atoms with van der Waals surface area (Å²) in [5.41, 5.74) is 0. The first-order chi connectivity index (χ1) is 7.19. The Labute approximate surface area is 92.6 Å². The van der Waals surface area contributed by atoms with Crippen molar-refractivity contribution in [3.05, 3.63) is 0 Å². The SMILES string of the molecule is CCC(NC)C(=O)OC1CCCCC1C. The predicted octanol–water partition coefficient (Wildman–Crippen LogP) is 2.11. The molecule has 88 valence electrons. The van der Waals surface area contributed by atoms with Crippen LogP contribution in [0.5, 0.6) is 0 Å². The average molecular weight is 213 g/mol. The number of likely N-dealkylation sites (N-methyl/N-ethyl adjacent to an activating group) is 1. The summed E-state index contributed by atoms with van der Waals surface area (Å²) in [4.78, 5) is 11.7. The molecule has 15 heavy (non-hydrogen) atoms. The molecule has 3 nitrogen and oxygen atoms in total. The number of rotatable bonds is 4. The number of carbonyl (C=O) groups is 1. The van der Waals surface area contributed by atoms with E-state index in [0.29, 0.717) is 5.92 Å². The first-order valence-electron chi connectivity index (χ1n) is 6.06. The Morgan fingerprint density at radius 1 is 1.47 bits per heavy atom. The molecule has 1 aliphatic rings. The normalized spacial score (nSPS) is 28.5. The minimum atomic E-state index is -0.140. The Balaban J connectivity index is 2.41. The molecular weight excluding hydrogens is 190 g/mol. The van der Waals surface area contributed by atoms with E-state index in [1.54, 1.807) is 7.05 Å². The van der Waals surface area contributed by atoms with Gasteiger partial charge in [0.1, 0.15) is 12.1 Å². The van der Waals surface area contributed by atoms with Crippen molar-refractivity contribution in [3.63, 3.8) is 0 Å². The molecule has 0 aromatic heterocycles. The molecule has 1 rings (SSSR count). The summed E-state index contributed by atoms with van der Waals surface area (Å²) in [6.45, 7) is 4.17. The van der Waals surface area contributed by atoms with E-state index in [9.17, 15) is 4.79 Å². The zero-order chi connectivity index (χ0) is 11.3. The molecule has 0 amide bonds. The van der Waals surface area contributed by atoms with E-state index in [4.69, 9.17) is 4.74 Å². The molecule has 1 fully saturated rings. The van der Waals surface area contributed by atoms with Crippen molar-refractivity contribution < 1.29 is 9.53 Å². The monoisotopic (exact) mass is 213 g/mol. The highest BCUT2D eigenvalue weighted by atomic mass is 16.5. The highest BCUT2D eigenvalue weighted by molar-refractivity contribution is 5.75. The van der Waals surface area contributed by atoms with E-state index in [2.05, 4.69) is 12.2 Å². The lowest BCUT2D eigenvalue weighted by Gasteiger charge is -2.29. The van der Waals surface area contributed by atoms with Gasteiger partial charge in [-0.15, -0.1) is 0 Å². The Kier molecular flexibility index (Phi) is 5.09. The Morgan fingerprint density at radius 2 is 2.13 bits per heavy atom. The van der Waals surface area contributed by atoms with E-state index in [0.717, 1.165) is 12.8 Å². The Morgan fingerprint density at radius 3 is 2.67 bits per heavy atom. The second-order valence-corrected chi connectivity index (χ2v) is 4.49. The highest BCUT2D eigenvalue weighted by Crippen LogP contribution is 2.26. The van der Waals surface area contributed by atoms with Crippen molar-refractivity contribution in [2.24, 2.45) is 5.92 Å². The average Bonchev–Trinajstić information content (AvgIpc) is 2.23. The van der Waals surface area contributed by atoms with E-state index in [-0.39, 0.29) is 18.1 Å². The van der Waals surface area contributed by atoms with Crippen LogP contribution in [0.25, 0.3) is 0 Å².